The average molecular weight is 395 g/mol. The van der Waals surface area contributed by atoms with E-state index in [4.69, 9.17) is 0 Å². The van der Waals surface area contributed by atoms with Gasteiger partial charge in [-0.05, 0) is 48.7 Å². The van der Waals surface area contributed by atoms with Gasteiger partial charge in [-0.15, -0.1) is 0 Å². The molecule has 0 saturated carbocycles. The summed E-state index contributed by atoms with van der Waals surface area (Å²) in [6.07, 6.45) is 3.43. The first-order chi connectivity index (χ1) is 14.5. The van der Waals surface area contributed by atoms with Crippen molar-refractivity contribution in [2.75, 3.05) is 0 Å². The molecule has 0 unspecified atom stereocenters. The van der Waals surface area contributed by atoms with Gasteiger partial charge in [0.15, 0.2) is 11.6 Å². The number of pyridine rings is 1. The fourth-order valence-corrected chi connectivity index (χ4v) is 3.72. The number of ketones is 2. The van der Waals surface area contributed by atoms with Crippen LogP contribution in [0.3, 0.4) is 0 Å². The maximum absolute atomic E-state index is 11.8. The van der Waals surface area contributed by atoms with Gasteiger partial charge in [-0.2, -0.15) is 0 Å². The molecule has 0 aliphatic carbocycles. The van der Waals surface area contributed by atoms with Crippen molar-refractivity contribution in [3.8, 4) is 28.1 Å². The molecule has 0 radical (unpaired) electrons. The molecule has 0 fully saturated rings. The maximum atomic E-state index is 11.8. The largest absolute Gasteiger partial charge is 0.505 e. The number of hydrogen-bond donors (Lipinski definition) is 1. The fourth-order valence-electron chi connectivity index (χ4n) is 3.72. The minimum atomic E-state index is -0.281. The molecule has 0 saturated heterocycles. The van der Waals surface area contributed by atoms with Gasteiger partial charge < -0.3 is 9.51 Å². The lowest BCUT2D eigenvalue weighted by molar-refractivity contribution is -0.119. The van der Waals surface area contributed by atoms with E-state index >= 15 is 0 Å². The van der Waals surface area contributed by atoms with E-state index in [0.29, 0.717) is 11.1 Å². The Morgan fingerprint density at radius 3 is 1.97 bits per heavy atom. The molecule has 2 aromatic heterocycles. The number of aromatic nitrogens is 1. The summed E-state index contributed by atoms with van der Waals surface area (Å²) in [7, 11) is 0. The molecule has 0 aliphatic heterocycles. The third kappa shape index (κ3) is 3.44. The Bertz CT molecular complexity index is 1270. The highest BCUT2D eigenvalue weighted by Crippen LogP contribution is 2.43. The summed E-state index contributed by atoms with van der Waals surface area (Å²) in [5.74, 6) is -0.406. The number of benzene rings is 2. The second-order valence-electron chi connectivity index (χ2n) is 7.19. The third-order valence-corrected chi connectivity index (χ3v) is 5.12. The number of carbonyl (C=O) groups excluding carboxylic acids is 2. The zero-order valence-electron chi connectivity index (χ0n) is 16.8. The number of hydrogen-bond acceptors (Lipinski definition) is 3. The van der Waals surface area contributed by atoms with Crippen LogP contribution in [0.15, 0.2) is 84.6 Å². The van der Waals surface area contributed by atoms with Crippen LogP contribution in [0, 0.1) is 0 Å². The van der Waals surface area contributed by atoms with Gasteiger partial charge in [0.2, 0.25) is 0 Å². The molecule has 0 spiro atoms. The molecule has 0 atom stereocenters. The van der Waals surface area contributed by atoms with E-state index in [1.165, 1.54) is 13.8 Å². The van der Waals surface area contributed by atoms with Crippen LogP contribution < -0.4 is 0 Å². The third-order valence-electron chi connectivity index (χ3n) is 5.12. The smallest absolute Gasteiger partial charge is 0.163 e. The van der Waals surface area contributed by atoms with Gasteiger partial charge in [0.1, 0.15) is 5.75 Å². The first kappa shape index (κ1) is 19.4. The van der Waals surface area contributed by atoms with E-state index in [0.717, 1.165) is 22.4 Å². The quantitative estimate of drug-likeness (QED) is 0.274. The Labute approximate surface area is 174 Å². The Hall–Kier alpha value is -3.92. The van der Waals surface area contributed by atoms with Crippen LogP contribution in [0.5, 0.6) is 5.75 Å². The zero-order valence-corrected chi connectivity index (χ0v) is 16.8. The molecule has 0 bridgehead atoms. The predicted molar refractivity (Wildman–Crippen MR) is 119 cm³/mol. The predicted octanol–water partition coefficient (Wildman–Crippen LogP) is 5.54. The van der Waals surface area contributed by atoms with Gasteiger partial charge in [0, 0.05) is 6.20 Å². The van der Waals surface area contributed by atoms with E-state index in [1.54, 1.807) is 12.1 Å². The summed E-state index contributed by atoms with van der Waals surface area (Å²) in [6, 6.07) is 23.2. The number of rotatable bonds is 5. The Morgan fingerprint density at radius 2 is 1.40 bits per heavy atom. The van der Waals surface area contributed by atoms with Crippen LogP contribution in [-0.2, 0) is 9.59 Å². The topological polar surface area (TPSA) is 58.8 Å². The van der Waals surface area contributed by atoms with Crippen LogP contribution in [0.2, 0.25) is 0 Å². The highest BCUT2D eigenvalue weighted by atomic mass is 16.3. The van der Waals surface area contributed by atoms with Crippen LogP contribution in [0.4, 0.5) is 0 Å². The molecule has 4 nitrogen and oxygen atoms in total. The minimum Gasteiger partial charge on any atom is -0.505 e. The summed E-state index contributed by atoms with van der Waals surface area (Å²) in [6.45, 7) is 2.75. The Balaban J connectivity index is 2.01. The van der Waals surface area contributed by atoms with Gasteiger partial charge in [-0.1, -0.05) is 60.7 Å². The van der Waals surface area contributed by atoms with Crippen LogP contribution in [0.1, 0.15) is 19.4 Å². The molecule has 4 heteroatoms. The average Bonchev–Trinajstić information content (AvgIpc) is 3.05. The van der Waals surface area contributed by atoms with Gasteiger partial charge in [0.05, 0.1) is 22.3 Å². The zero-order chi connectivity index (χ0) is 21.3. The van der Waals surface area contributed by atoms with Gasteiger partial charge >= 0.3 is 0 Å². The summed E-state index contributed by atoms with van der Waals surface area (Å²) in [5.41, 5.74) is 4.91. The Morgan fingerprint density at radius 1 is 0.833 bits per heavy atom. The summed E-state index contributed by atoms with van der Waals surface area (Å²) in [5, 5.41) is 11.2. The van der Waals surface area contributed by atoms with E-state index < -0.39 is 0 Å². The second kappa shape index (κ2) is 7.84. The van der Waals surface area contributed by atoms with E-state index in [1.807, 2.05) is 77.3 Å². The number of nitrogens with zero attached hydrogens (tertiary/aromatic N) is 1. The summed E-state index contributed by atoms with van der Waals surface area (Å²) >= 11 is 0. The second-order valence-corrected chi connectivity index (χ2v) is 7.19. The van der Waals surface area contributed by atoms with Crippen molar-refractivity contribution in [2.24, 2.45) is 0 Å². The Kier molecular flexibility index (Phi) is 5.07. The molecule has 4 aromatic rings. The molecule has 1 N–H and O–H groups in total. The first-order valence-corrected chi connectivity index (χ1v) is 9.69. The first-order valence-electron chi connectivity index (χ1n) is 9.69. The highest BCUT2D eigenvalue weighted by Gasteiger charge is 2.21. The maximum Gasteiger partial charge on any atom is 0.163 e. The van der Waals surface area contributed by atoms with Crippen molar-refractivity contribution in [1.29, 1.82) is 0 Å². The highest BCUT2D eigenvalue weighted by molar-refractivity contribution is 6.21. The monoisotopic (exact) mass is 395 g/mol. The molecule has 148 valence electrons. The van der Waals surface area contributed by atoms with Gasteiger partial charge in [0.25, 0.3) is 0 Å². The molecule has 0 amide bonds. The lowest BCUT2D eigenvalue weighted by Gasteiger charge is -2.07. The molecular weight excluding hydrogens is 374 g/mol. The van der Waals surface area contributed by atoms with Crippen molar-refractivity contribution >= 4 is 23.2 Å². The summed E-state index contributed by atoms with van der Waals surface area (Å²) in [4.78, 5) is 23.6. The van der Waals surface area contributed by atoms with Crippen molar-refractivity contribution < 1.29 is 14.7 Å². The lowest BCUT2D eigenvalue weighted by atomic mass is 10.0. The van der Waals surface area contributed by atoms with Crippen LogP contribution in [0.25, 0.3) is 34.0 Å². The van der Waals surface area contributed by atoms with Crippen molar-refractivity contribution in [2.45, 2.75) is 13.8 Å². The molecular formula is C26H21NO3. The number of carbonyl (C=O) groups is 2. The number of allylic oxidation sites excluding steroid dienone is 1. The molecule has 0 aliphatic rings. The van der Waals surface area contributed by atoms with Crippen molar-refractivity contribution in [3.63, 3.8) is 0 Å². The summed E-state index contributed by atoms with van der Waals surface area (Å²) < 4.78 is 1.94. The number of fused-ring (bicyclic) bond motifs is 1. The van der Waals surface area contributed by atoms with Crippen LogP contribution >= 0.6 is 0 Å². The van der Waals surface area contributed by atoms with Gasteiger partial charge in [-0.3, -0.25) is 9.59 Å². The van der Waals surface area contributed by atoms with E-state index in [-0.39, 0.29) is 22.9 Å². The normalized spacial score (nSPS) is 10.7. The number of aromatic hydroxyl groups is 1. The van der Waals surface area contributed by atoms with E-state index in [9.17, 15) is 14.7 Å². The van der Waals surface area contributed by atoms with Crippen molar-refractivity contribution in [1.82, 2.24) is 4.40 Å². The molecule has 4 rings (SSSR count). The molecule has 2 aromatic carbocycles. The molecule has 30 heavy (non-hydrogen) atoms. The number of Topliss-reactive ketones (excluding diaryl/α,β-unsaturated/α-hetero) is 2. The van der Waals surface area contributed by atoms with Gasteiger partial charge in [-0.25, -0.2) is 0 Å². The van der Waals surface area contributed by atoms with Crippen molar-refractivity contribution in [3.05, 3.63) is 90.1 Å². The molecule has 2 heterocycles. The minimum absolute atomic E-state index is 0.136. The standard InChI is InChI=1S/C26H21NO3/c1-17(28)22(18(2)29)15-19-13-14-27-23(16-19)26(30)24(20-9-5-3-6-10-20)25(27)21-11-7-4-8-12-21/h3-16,30H,1-2H3. The van der Waals surface area contributed by atoms with Crippen LogP contribution in [-0.4, -0.2) is 21.1 Å². The lowest BCUT2D eigenvalue weighted by Crippen LogP contribution is -2.05. The fraction of sp³-hybridized carbons (Fsp3) is 0.0769. The SMILES string of the molecule is CC(=O)C(=Cc1ccn2c(-c3ccccc3)c(-c3ccccc3)c(O)c2c1)C(C)=O. The van der Waals surface area contributed by atoms with E-state index in [2.05, 4.69) is 0 Å².